The fraction of sp³-hybridized carbons (Fsp3) is 0.889. The quantitative estimate of drug-likeness (QED) is 0.797. The average Bonchev–Trinajstić information content (AvgIpc) is 2.54. The predicted octanol–water partition coefficient (Wildman–Crippen LogP) is 1.97. The van der Waals surface area contributed by atoms with Crippen LogP contribution in [0.1, 0.15) is 52.9 Å². The molecule has 2 rings (SSSR count). The van der Waals surface area contributed by atoms with Crippen LogP contribution in [0.4, 0.5) is 0 Å². The summed E-state index contributed by atoms with van der Waals surface area (Å²) in [5.74, 6) is 0.440. The number of carbonyl (C=O) groups excluding carboxylic acids is 2. The van der Waals surface area contributed by atoms with Crippen LogP contribution in [0.15, 0.2) is 0 Å². The molecule has 0 aromatic rings. The van der Waals surface area contributed by atoms with Crippen molar-refractivity contribution >= 4 is 11.8 Å². The van der Waals surface area contributed by atoms with E-state index >= 15 is 0 Å². The summed E-state index contributed by atoms with van der Waals surface area (Å²) >= 11 is 0. The summed E-state index contributed by atoms with van der Waals surface area (Å²) in [6, 6.07) is 0.431. The lowest BCUT2D eigenvalue weighted by atomic mass is 9.94. The monoisotopic (exact) mass is 323 g/mol. The van der Waals surface area contributed by atoms with Crippen LogP contribution >= 0.6 is 0 Å². The van der Waals surface area contributed by atoms with Crippen molar-refractivity contribution in [2.75, 3.05) is 39.8 Å². The van der Waals surface area contributed by atoms with E-state index in [1.807, 2.05) is 37.6 Å². The summed E-state index contributed by atoms with van der Waals surface area (Å²) in [5.41, 5.74) is -0.320. The van der Waals surface area contributed by atoms with Gasteiger partial charge in [-0.3, -0.25) is 14.5 Å². The number of likely N-dealkylation sites (N-methyl/N-ethyl adjacent to an activating group) is 1. The number of nitrogens with zero attached hydrogens (tertiary/aromatic N) is 3. The molecule has 5 nitrogen and oxygen atoms in total. The van der Waals surface area contributed by atoms with Crippen molar-refractivity contribution in [2.24, 2.45) is 5.41 Å². The van der Waals surface area contributed by atoms with Gasteiger partial charge in [0.2, 0.25) is 11.8 Å². The molecule has 2 amide bonds. The van der Waals surface area contributed by atoms with E-state index in [2.05, 4.69) is 4.90 Å². The first-order chi connectivity index (χ1) is 10.8. The number of hydrogen-bond donors (Lipinski definition) is 0. The SMILES string of the molecule is CN(C(=O)CN1CCN(C(=O)C(C)(C)C)CC1)C1CCCCC1. The highest BCUT2D eigenvalue weighted by molar-refractivity contribution is 5.81. The molecule has 1 saturated heterocycles. The molecule has 0 bridgehead atoms. The largest absolute Gasteiger partial charge is 0.342 e. The zero-order chi connectivity index (χ0) is 17.0. The third-order valence-electron chi connectivity index (χ3n) is 5.18. The van der Waals surface area contributed by atoms with Crippen molar-refractivity contribution in [1.82, 2.24) is 14.7 Å². The zero-order valence-electron chi connectivity index (χ0n) is 15.3. The van der Waals surface area contributed by atoms with Crippen LogP contribution in [0.25, 0.3) is 0 Å². The third-order valence-corrected chi connectivity index (χ3v) is 5.18. The molecule has 0 spiro atoms. The van der Waals surface area contributed by atoms with E-state index < -0.39 is 0 Å². The summed E-state index contributed by atoms with van der Waals surface area (Å²) in [6.07, 6.45) is 6.10. The number of amides is 2. The zero-order valence-corrected chi connectivity index (χ0v) is 15.3. The maximum atomic E-state index is 12.5. The van der Waals surface area contributed by atoms with Crippen molar-refractivity contribution in [3.05, 3.63) is 0 Å². The number of piperazine rings is 1. The Kier molecular flexibility index (Phi) is 6.06. The molecule has 1 aliphatic carbocycles. The lowest BCUT2D eigenvalue weighted by Crippen LogP contribution is -2.54. The number of hydrogen-bond acceptors (Lipinski definition) is 3. The van der Waals surface area contributed by atoms with Gasteiger partial charge in [-0.05, 0) is 12.8 Å². The second-order valence-electron chi connectivity index (χ2n) is 8.11. The number of rotatable bonds is 3. The molecule has 0 atom stereocenters. The van der Waals surface area contributed by atoms with E-state index in [9.17, 15) is 9.59 Å². The molecule has 0 N–H and O–H groups in total. The summed E-state index contributed by atoms with van der Waals surface area (Å²) in [6.45, 7) is 9.44. The molecule has 132 valence electrons. The second-order valence-corrected chi connectivity index (χ2v) is 8.11. The van der Waals surface area contributed by atoms with Crippen molar-refractivity contribution < 1.29 is 9.59 Å². The lowest BCUT2D eigenvalue weighted by Gasteiger charge is -2.38. The van der Waals surface area contributed by atoms with Gasteiger partial charge >= 0.3 is 0 Å². The molecule has 1 heterocycles. The van der Waals surface area contributed by atoms with Crippen LogP contribution in [-0.4, -0.2) is 72.3 Å². The van der Waals surface area contributed by atoms with Crippen LogP contribution in [-0.2, 0) is 9.59 Å². The highest BCUT2D eigenvalue weighted by Gasteiger charge is 2.31. The van der Waals surface area contributed by atoms with E-state index in [0.29, 0.717) is 12.6 Å². The maximum absolute atomic E-state index is 12.5. The van der Waals surface area contributed by atoms with Crippen LogP contribution in [0, 0.1) is 5.41 Å². The van der Waals surface area contributed by atoms with Gasteiger partial charge in [-0.1, -0.05) is 40.0 Å². The Bertz CT molecular complexity index is 416. The van der Waals surface area contributed by atoms with Crippen LogP contribution in [0.3, 0.4) is 0 Å². The first-order valence-electron chi connectivity index (χ1n) is 9.06. The molecule has 5 heteroatoms. The third kappa shape index (κ3) is 4.93. The van der Waals surface area contributed by atoms with E-state index in [1.165, 1.54) is 19.3 Å². The molecule has 2 fully saturated rings. The van der Waals surface area contributed by atoms with E-state index in [1.54, 1.807) is 0 Å². The van der Waals surface area contributed by atoms with Gasteiger partial charge < -0.3 is 9.80 Å². The van der Waals surface area contributed by atoms with Crippen LogP contribution < -0.4 is 0 Å². The predicted molar refractivity (Wildman–Crippen MR) is 92.1 cm³/mol. The molecular formula is C18H33N3O2. The molecule has 0 aromatic carbocycles. The standard InChI is InChI=1S/C18H33N3O2/c1-18(2,3)17(23)21-12-10-20(11-13-21)14-16(22)19(4)15-8-6-5-7-9-15/h15H,5-14H2,1-4H3. The van der Waals surface area contributed by atoms with E-state index in [-0.39, 0.29) is 17.2 Å². The normalized spacial score (nSPS) is 21.3. The van der Waals surface area contributed by atoms with Gasteiger partial charge in [0.25, 0.3) is 0 Å². The summed E-state index contributed by atoms with van der Waals surface area (Å²) < 4.78 is 0. The van der Waals surface area contributed by atoms with Gasteiger partial charge in [0.05, 0.1) is 6.54 Å². The minimum absolute atomic E-state index is 0.211. The van der Waals surface area contributed by atoms with Gasteiger partial charge in [0, 0.05) is 44.7 Å². The van der Waals surface area contributed by atoms with Crippen molar-refractivity contribution in [3.8, 4) is 0 Å². The molecule has 1 aliphatic heterocycles. The van der Waals surface area contributed by atoms with E-state index in [4.69, 9.17) is 0 Å². The minimum Gasteiger partial charge on any atom is -0.342 e. The molecular weight excluding hydrogens is 290 g/mol. The molecule has 0 unspecified atom stereocenters. The maximum Gasteiger partial charge on any atom is 0.236 e. The summed E-state index contributed by atoms with van der Waals surface area (Å²) in [5, 5.41) is 0. The lowest BCUT2D eigenvalue weighted by molar-refractivity contribution is -0.142. The van der Waals surface area contributed by atoms with Gasteiger partial charge in [0.1, 0.15) is 0 Å². The van der Waals surface area contributed by atoms with Crippen LogP contribution in [0.5, 0.6) is 0 Å². The molecule has 23 heavy (non-hydrogen) atoms. The van der Waals surface area contributed by atoms with Gasteiger partial charge in [0.15, 0.2) is 0 Å². The molecule has 0 aromatic heterocycles. The topological polar surface area (TPSA) is 43.9 Å². The highest BCUT2D eigenvalue weighted by Crippen LogP contribution is 2.22. The molecule has 1 saturated carbocycles. The summed E-state index contributed by atoms with van der Waals surface area (Å²) in [7, 11) is 1.96. The highest BCUT2D eigenvalue weighted by atomic mass is 16.2. The Morgan fingerprint density at radius 2 is 1.57 bits per heavy atom. The Hall–Kier alpha value is -1.10. The average molecular weight is 323 g/mol. The number of carbonyl (C=O) groups is 2. The smallest absolute Gasteiger partial charge is 0.236 e. The fourth-order valence-corrected chi connectivity index (χ4v) is 3.56. The molecule has 2 aliphatic rings. The van der Waals surface area contributed by atoms with Crippen molar-refractivity contribution in [2.45, 2.75) is 58.9 Å². The first kappa shape index (κ1) is 18.2. The Morgan fingerprint density at radius 1 is 1.00 bits per heavy atom. The fourth-order valence-electron chi connectivity index (χ4n) is 3.56. The van der Waals surface area contributed by atoms with Gasteiger partial charge in [-0.15, -0.1) is 0 Å². The minimum atomic E-state index is -0.320. The van der Waals surface area contributed by atoms with E-state index in [0.717, 1.165) is 39.0 Å². The van der Waals surface area contributed by atoms with Crippen molar-refractivity contribution in [1.29, 1.82) is 0 Å². The van der Waals surface area contributed by atoms with Gasteiger partial charge in [-0.2, -0.15) is 0 Å². The Balaban J connectivity index is 1.77. The summed E-state index contributed by atoms with van der Waals surface area (Å²) in [4.78, 5) is 30.9. The Labute approximate surface area is 141 Å². The second kappa shape index (κ2) is 7.65. The van der Waals surface area contributed by atoms with Crippen LogP contribution in [0.2, 0.25) is 0 Å². The molecule has 0 radical (unpaired) electrons. The van der Waals surface area contributed by atoms with Crippen molar-refractivity contribution in [3.63, 3.8) is 0 Å². The first-order valence-corrected chi connectivity index (χ1v) is 9.06. The van der Waals surface area contributed by atoms with Gasteiger partial charge in [-0.25, -0.2) is 0 Å². The Morgan fingerprint density at radius 3 is 2.09 bits per heavy atom.